The smallest absolute Gasteiger partial charge is 0.264 e. The number of halogens is 2. The van der Waals surface area contributed by atoms with E-state index in [-0.39, 0.29) is 11.6 Å². The quantitative estimate of drug-likeness (QED) is 0.785. The molecule has 0 unspecified atom stereocenters. The van der Waals surface area contributed by atoms with Gasteiger partial charge in [-0.15, -0.1) is 0 Å². The van der Waals surface area contributed by atoms with Crippen molar-refractivity contribution in [3.05, 3.63) is 69.3 Å². The van der Waals surface area contributed by atoms with Gasteiger partial charge >= 0.3 is 0 Å². The Kier molecular flexibility index (Phi) is 4.40. The van der Waals surface area contributed by atoms with Gasteiger partial charge < -0.3 is 5.32 Å². The number of nitrogens with one attached hydrogen (secondary N) is 1. The molecule has 1 aliphatic rings. The van der Waals surface area contributed by atoms with E-state index in [1.54, 1.807) is 24.3 Å². The molecule has 1 amide bonds. The van der Waals surface area contributed by atoms with E-state index in [0.29, 0.717) is 10.1 Å². The maximum absolute atomic E-state index is 13.6. The summed E-state index contributed by atoms with van der Waals surface area (Å²) in [5, 5.41) is 3.01. The van der Waals surface area contributed by atoms with Gasteiger partial charge in [-0.2, -0.15) is 0 Å². The van der Waals surface area contributed by atoms with Gasteiger partial charge in [-0.25, -0.2) is 9.38 Å². The zero-order valence-electron chi connectivity index (χ0n) is 11.2. The van der Waals surface area contributed by atoms with Crippen LogP contribution in [-0.2, 0) is 4.79 Å². The van der Waals surface area contributed by atoms with Gasteiger partial charge in [0.25, 0.3) is 5.91 Å². The first-order valence-electron chi connectivity index (χ1n) is 6.41. The molecule has 22 heavy (non-hydrogen) atoms. The van der Waals surface area contributed by atoms with Crippen LogP contribution in [0.15, 0.2) is 62.9 Å². The monoisotopic (exact) mass is 376 g/mol. The van der Waals surface area contributed by atoms with Gasteiger partial charge in [-0.1, -0.05) is 40.2 Å². The highest BCUT2D eigenvalue weighted by Gasteiger charge is 2.24. The number of rotatable bonds is 2. The van der Waals surface area contributed by atoms with E-state index in [9.17, 15) is 9.18 Å². The van der Waals surface area contributed by atoms with E-state index in [1.165, 1.54) is 17.8 Å². The number of carbonyl (C=O) groups excluding carboxylic acids is 1. The van der Waals surface area contributed by atoms with Crippen molar-refractivity contribution in [3.63, 3.8) is 0 Å². The van der Waals surface area contributed by atoms with Crippen LogP contribution in [0.25, 0.3) is 6.08 Å². The predicted molar refractivity (Wildman–Crippen MR) is 91.3 cm³/mol. The number of aliphatic imine (C=N–C) groups is 1. The maximum atomic E-state index is 13.6. The molecule has 1 saturated heterocycles. The molecule has 0 aliphatic carbocycles. The molecule has 0 atom stereocenters. The van der Waals surface area contributed by atoms with Crippen molar-refractivity contribution in [1.82, 2.24) is 5.32 Å². The lowest BCUT2D eigenvalue weighted by molar-refractivity contribution is -0.115. The second-order valence-corrected chi connectivity index (χ2v) is 6.43. The summed E-state index contributed by atoms with van der Waals surface area (Å²) < 4.78 is 14.5. The first-order valence-corrected chi connectivity index (χ1v) is 8.02. The van der Waals surface area contributed by atoms with Crippen molar-refractivity contribution < 1.29 is 9.18 Å². The fraction of sp³-hybridized carbons (Fsp3) is 0. The molecule has 0 spiro atoms. The van der Waals surface area contributed by atoms with Crippen molar-refractivity contribution >= 4 is 50.5 Å². The lowest BCUT2D eigenvalue weighted by Gasteiger charge is -1.97. The molecule has 3 nitrogen and oxygen atoms in total. The molecule has 6 heteroatoms. The summed E-state index contributed by atoms with van der Waals surface area (Å²) in [5.41, 5.74) is 1.11. The van der Waals surface area contributed by atoms with E-state index in [2.05, 4.69) is 26.2 Å². The SMILES string of the molecule is O=C1NC(=Nc2ccccc2F)S/C1=C\c1ccc(Br)cc1. The van der Waals surface area contributed by atoms with Gasteiger partial charge in [0.15, 0.2) is 5.17 Å². The molecule has 1 heterocycles. The number of hydrogen-bond acceptors (Lipinski definition) is 3. The van der Waals surface area contributed by atoms with Gasteiger partial charge in [-0.05, 0) is 47.7 Å². The number of amides is 1. The van der Waals surface area contributed by atoms with E-state index in [0.717, 1.165) is 10.0 Å². The van der Waals surface area contributed by atoms with Crippen molar-refractivity contribution in [3.8, 4) is 0 Å². The Morgan fingerprint density at radius 3 is 2.59 bits per heavy atom. The van der Waals surface area contributed by atoms with Gasteiger partial charge in [-0.3, -0.25) is 4.79 Å². The van der Waals surface area contributed by atoms with Gasteiger partial charge in [0.05, 0.1) is 4.91 Å². The Hall–Kier alpha value is -1.92. The zero-order valence-corrected chi connectivity index (χ0v) is 13.6. The number of nitrogens with zero attached hydrogens (tertiary/aromatic N) is 1. The third-order valence-electron chi connectivity index (χ3n) is 2.89. The number of carbonyl (C=O) groups is 1. The second kappa shape index (κ2) is 6.46. The molecular formula is C16H10BrFN2OS. The first kappa shape index (κ1) is 15.0. The third kappa shape index (κ3) is 3.45. The third-order valence-corrected chi connectivity index (χ3v) is 4.33. The van der Waals surface area contributed by atoms with Crippen LogP contribution in [0.1, 0.15) is 5.56 Å². The zero-order chi connectivity index (χ0) is 15.5. The summed E-state index contributed by atoms with van der Waals surface area (Å²) in [7, 11) is 0. The lowest BCUT2D eigenvalue weighted by atomic mass is 10.2. The van der Waals surface area contributed by atoms with Gasteiger partial charge in [0.2, 0.25) is 0 Å². The first-order chi connectivity index (χ1) is 10.6. The molecule has 2 aromatic rings. The number of para-hydroxylation sites is 1. The minimum atomic E-state index is -0.421. The van der Waals surface area contributed by atoms with E-state index in [1.807, 2.05) is 24.3 Å². The summed E-state index contributed by atoms with van der Waals surface area (Å²) in [6.07, 6.45) is 1.77. The average Bonchev–Trinajstić information content (AvgIpc) is 2.84. The molecule has 0 aromatic heterocycles. The number of thioether (sulfide) groups is 1. The highest BCUT2D eigenvalue weighted by Crippen LogP contribution is 2.29. The second-order valence-electron chi connectivity index (χ2n) is 4.48. The highest BCUT2D eigenvalue weighted by molar-refractivity contribution is 9.10. The minimum absolute atomic E-state index is 0.204. The largest absolute Gasteiger partial charge is 0.300 e. The standard InChI is InChI=1S/C16H10BrFN2OS/c17-11-7-5-10(6-8-11)9-14-15(21)20-16(22-14)19-13-4-2-1-3-12(13)18/h1-9H,(H,19,20,21)/b14-9-. The summed E-state index contributed by atoms with van der Waals surface area (Å²) >= 11 is 4.56. The summed E-state index contributed by atoms with van der Waals surface area (Å²) in [5.74, 6) is -0.654. The Morgan fingerprint density at radius 1 is 1.14 bits per heavy atom. The minimum Gasteiger partial charge on any atom is -0.300 e. The molecule has 1 aliphatic heterocycles. The van der Waals surface area contributed by atoms with Crippen LogP contribution in [-0.4, -0.2) is 11.1 Å². The van der Waals surface area contributed by atoms with Gasteiger partial charge in [0.1, 0.15) is 11.5 Å². The normalized spacial score (nSPS) is 18.0. The average molecular weight is 377 g/mol. The Bertz CT molecular complexity index is 787. The fourth-order valence-electron chi connectivity index (χ4n) is 1.84. The van der Waals surface area contributed by atoms with E-state index in [4.69, 9.17) is 0 Å². The van der Waals surface area contributed by atoms with Crippen LogP contribution in [0, 0.1) is 5.82 Å². The van der Waals surface area contributed by atoms with Crippen LogP contribution < -0.4 is 5.32 Å². The molecule has 0 radical (unpaired) electrons. The summed E-state index contributed by atoms with van der Waals surface area (Å²) in [6.45, 7) is 0. The Labute approximate surface area is 139 Å². The lowest BCUT2D eigenvalue weighted by Crippen LogP contribution is -2.19. The molecule has 2 aromatic carbocycles. The predicted octanol–water partition coefficient (Wildman–Crippen LogP) is 4.48. The summed E-state index contributed by atoms with van der Waals surface area (Å²) in [6, 6.07) is 13.8. The number of amidine groups is 1. The number of hydrogen-bond donors (Lipinski definition) is 1. The van der Waals surface area contributed by atoms with Crippen molar-refractivity contribution in [2.75, 3.05) is 0 Å². The van der Waals surface area contributed by atoms with Crippen LogP contribution in [0.3, 0.4) is 0 Å². The molecule has 1 N–H and O–H groups in total. The van der Waals surface area contributed by atoms with Gasteiger partial charge in [0, 0.05) is 4.47 Å². The Balaban J connectivity index is 1.84. The molecular weight excluding hydrogens is 367 g/mol. The van der Waals surface area contributed by atoms with Crippen LogP contribution in [0.2, 0.25) is 0 Å². The molecule has 0 bridgehead atoms. The molecule has 1 fully saturated rings. The van der Waals surface area contributed by atoms with Crippen LogP contribution in [0.5, 0.6) is 0 Å². The van der Waals surface area contributed by atoms with Crippen molar-refractivity contribution in [1.29, 1.82) is 0 Å². The molecule has 110 valence electrons. The topological polar surface area (TPSA) is 41.5 Å². The highest BCUT2D eigenvalue weighted by atomic mass is 79.9. The van der Waals surface area contributed by atoms with Crippen molar-refractivity contribution in [2.24, 2.45) is 4.99 Å². The Morgan fingerprint density at radius 2 is 1.86 bits per heavy atom. The fourth-order valence-corrected chi connectivity index (χ4v) is 2.94. The van der Waals surface area contributed by atoms with E-state index < -0.39 is 5.82 Å². The number of benzene rings is 2. The van der Waals surface area contributed by atoms with Crippen molar-refractivity contribution in [2.45, 2.75) is 0 Å². The van der Waals surface area contributed by atoms with Crippen LogP contribution in [0.4, 0.5) is 10.1 Å². The molecule has 3 rings (SSSR count). The summed E-state index contributed by atoms with van der Waals surface area (Å²) in [4.78, 5) is 16.6. The maximum Gasteiger partial charge on any atom is 0.264 e. The van der Waals surface area contributed by atoms with E-state index >= 15 is 0 Å². The molecule has 0 saturated carbocycles. The van der Waals surface area contributed by atoms with Crippen LogP contribution >= 0.6 is 27.7 Å².